The number of carbonyl (C=O) groups excluding carboxylic acids is 1. The second kappa shape index (κ2) is 4.81. The van der Waals surface area contributed by atoms with Gasteiger partial charge in [0, 0.05) is 11.8 Å². The van der Waals surface area contributed by atoms with Gasteiger partial charge in [-0.05, 0) is 6.92 Å². The fraction of sp³-hybridized carbons (Fsp3) is 0.333. The van der Waals surface area contributed by atoms with Crippen molar-refractivity contribution in [1.29, 1.82) is 0 Å². The van der Waals surface area contributed by atoms with E-state index in [-0.39, 0.29) is 5.97 Å². The summed E-state index contributed by atoms with van der Waals surface area (Å²) in [5.41, 5.74) is 0.555. The standard InChI is InChI=1S/C9H11ClN2O2/c1-7(9(13)14-2)3-4-12-6-8(10)5-11-12/h3,5-6H,4H2,1-2H3. The van der Waals surface area contributed by atoms with Crippen molar-refractivity contribution in [2.45, 2.75) is 13.5 Å². The Labute approximate surface area is 87.1 Å². The van der Waals surface area contributed by atoms with E-state index in [2.05, 4.69) is 9.84 Å². The molecule has 0 radical (unpaired) electrons. The largest absolute Gasteiger partial charge is 0.466 e. The molecule has 0 atom stereocenters. The normalized spacial score (nSPS) is 11.5. The summed E-state index contributed by atoms with van der Waals surface area (Å²) in [7, 11) is 1.35. The Bertz CT molecular complexity index is 357. The zero-order valence-corrected chi connectivity index (χ0v) is 8.78. The summed E-state index contributed by atoms with van der Waals surface area (Å²) in [6.45, 7) is 2.20. The number of methoxy groups -OCH3 is 1. The molecule has 4 nitrogen and oxygen atoms in total. The molecule has 0 aliphatic heterocycles. The number of nitrogens with zero attached hydrogens (tertiary/aromatic N) is 2. The maximum absolute atomic E-state index is 11.0. The summed E-state index contributed by atoms with van der Waals surface area (Å²) in [5, 5.41) is 4.54. The maximum Gasteiger partial charge on any atom is 0.333 e. The van der Waals surface area contributed by atoms with E-state index in [1.54, 1.807) is 30.1 Å². The second-order valence-electron chi connectivity index (χ2n) is 2.76. The Morgan fingerprint density at radius 2 is 2.50 bits per heavy atom. The van der Waals surface area contributed by atoms with Crippen LogP contribution in [0.25, 0.3) is 0 Å². The van der Waals surface area contributed by atoms with Crippen LogP contribution >= 0.6 is 11.6 Å². The van der Waals surface area contributed by atoms with Crippen LogP contribution in [0.1, 0.15) is 6.92 Å². The van der Waals surface area contributed by atoms with Crippen molar-refractivity contribution in [2.24, 2.45) is 0 Å². The molecule has 0 fully saturated rings. The molecule has 1 heterocycles. The zero-order valence-electron chi connectivity index (χ0n) is 8.03. The molecule has 0 spiro atoms. The molecular weight excluding hydrogens is 204 g/mol. The van der Waals surface area contributed by atoms with Gasteiger partial charge in [0.25, 0.3) is 0 Å². The summed E-state index contributed by atoms with van der Waals surface area (Å²) in [5.74, 6) is -0.330. The molecule has 1 aromatic heterocycles. The van der Waals surface area contributed by atoms with E-state index in [4.69, 9.17) is 11.6 Å². The minimum absolute atomic E-state index is 0.330. The van der Waals surface area contributed by atoms with E-state index in [1.165, 1.54) is 7.11 Å². The molecule has 0 N–H and O–H groups in total. The first-order chi connectivity index (χ1) is 6.63. The SMILES string of the molecule is COC(=O)C(C)=CCn1cc(Cl)cn1. The third-order valence-corrected chi connectivity index (χ3v) is 1.89. The summed E-state index contributed by atoms with van der Waals surface area (Å²) in [6, 6.07) is 0. The van der Waals surface area contributed by atoms with Gasteiger partial charge in [-0.3, -0.25) is 4.68 Å². The van der Waals surface area contributed by atoms with Crippen molar-refractivity contribution in [2.75, 3.05) is 7.11 Å². The highest BCUT2D eigenvalue weighted by atomic mass is 35.5. The van der Waals surface area contributed by atoms with Crippen molar-refractivity contribution < 1.29 is 9.53 Å². The molecular formula is C9H11ClN2O2. The van der Waals surface area contributed by atoms with Crippen LogP contribution in [-0.4, -0.2) is 22.9 Å². The van der Waals surface area contributed by atoms with Crippen LogP contribution in [0, 0.1) is 0 Å². The van der Waals surface area contributed by atoms with Crippen molar-refractivity contribution in [3.8, 4) is 0 Å². The minimum Gasteiger partial charge on any atom is -0.466 e. The average molecular weight is 215 g/mol. The third-order valence-electron chi connectivity index (χ3n) is 1.69. The minimum atomic E-state index is -0.330. The van der Waals surface area contributed by atoms with Crippen LogP contribution < -0.4 is 0 Å². The van der Waals surface area contributed by atoms with E-state index in [0.717, 1.165) is 0 Å². The van der Waals surface area contributed by atoms with E-state index < -0.39 is 0 Å². The smallest absolute Gasteiger partial charge is 0.333 e. The molecule has 5 heteroatoms. The van der Waals surface area contributed by atoms with Crippen molar-refractivity contribution in [1.82, 2.24) is 9.78 Å². The number of halogens is 1. The number of esters is 1. The molecule has 14 heavy (non-hydrogen) atoms. The highest BCUT2D eigenvalue weighted by molar-refractivity contribution is 6.30. The maximum atomic E-state index is 11.0. The van der Waals surface area contributed by atoms with Crippen LogP contribution in [0.5, 0.6) is 0 Å². The molecule has 1 rings (SSSR count). The Kier molecular flexibility index (Phi) is 3.71. The lowest BCUT2D eigenvalue weighted by molar-refractivity contribution is -0.136. The van der Waals surface area contributed by atoms with Gasteiger partial charge in [-0.1, -0.05) is 17.7 Å². The van der Waals surface area contributed by atoms with Gasteiger partial charge in [0.2, 0.25) is 0 Å². The number of hydrogen-bond donors (Lipinski definition) is 0. The third kappa shape index (κ3) is 2.88. The summed E-state index contributed by atoms with van der Waals surface area (Å²) < 4.78 is 6.18. The van der Waals surface area contributed by atoms with Gasteiger partial charge in [0.15, 0.2) is 0 Å². The molecule has 0 aromatic carbocycles. The first kappa shape index (κ1) is 10.8. The Morgan fingerprint density at radius 1 is 1.79 bits per heavy atom. The van der Waals surface area contributed by atoms with Crippen LogP contribution in [-0.2, 0) is 16.1 Å². The van der Waals surface area contributed by atoms with Gasteiger partial charge in [-0.15, -0.1) is 0 Å². The molecule has 0 saturated heterocycles. The Balaban J connectivity index is 2.58. The number of ether oxygens (including phenoxy) is 1. The van der Waals surface area contributed by atoms with E-state index >= 15 is 0 Å². The summed E-state index contributed by atoms with van der Waals surface area (Å²) in [6.07, 6.45) is 4.96. The molecule has 0 unspecified atom stereocenters. The van der Waals surface area contributed by atoms with Crippen LogP contribution in [0.2, 0.25) is 5.02 Å². The molecule has 0 aliphatic rings. The highest BCUT2D eigenvalue weighted by Gasteiger charge is 2.02. The number of hydrogen-bond acceptors (Lipinski definition) is 3. The average Bonchev–Trinajstić information content (AvgIpc) is 2.59. The van der Waals surface area contributed by atoms with Crippen molar-refractivity contribution in [3.05, 3.63) is 29.1 Å². The Hall–Kier alpha value is -1.29. The van der Waals surface area contributed by atoms with Gasteiger partial charge in [0.05, 0.1) is 24.9 Å². The summed E-state index contributed by atoms with van der Waals surface area (Å²) >= 11 is 5.67. The molecule has 0 amide bonds. The number of aromatic nitrogens is 2. The predicted octanol–water partition coefficient (Wildman–Crippen LogP) is 1.66. The van der Waals surface area contributed by atoms with Crippen molar-refractivity contribution in [3.63, 3.8) is 0 Å². The van der Waals surface area contributed by atoms with Gasteiger partial charge in [0.1, 0.15) is 0 Å². The fourth-order valence-corrected chi connectivity index (χ4v) is 1.07. The molecule has 0 bridgehead atoms. The van der Waals surface area contributed by atoms with Gasteiger partial charge >= 0.3 is 5.97 Å². The van der Waals surface area contributed by atoms with E-state index in [9.17, 15) is 4.79 Å². The number of allylic oxidation sites excluding steroid dienone is 1. The molecule has 76 valence electrons. The monoisotopic (exact) mass is 214 g/mol. The number of carbonyl (C=O) groups is 1. The molecule has 1 aromatic rings. The van der Waals surface area contributed by atoms with E-state index in [0.29, 0.717) is 17.1 Å². The van der Waals surface area contributed by atoms with Gasteiger partial charge < -0.3 is 4.74 Å². The molecule has 0 saturated carbocycles. The first-order valence-electron chi connectivity index (χ1n) is 4.06. The lowest BCUT2D eigenvalue weighted by atomic mass is 10.3. The van der Waals surface area contributed by atoms with Crippen LogP contribution in [0.4, 0.5) is 0 Å². The van der Waals surface area contributed by atoms with Crippen LogP contribution in [0.3, 0.4) is 0 Å². The lowest BCUT2D eigenvalue weighted by Crippen LogP contribution is -2.03. The lowest BCUT2D eigenvalue weighted by Gasteiger charge is -1.98. The summed E-state index contributed by atoms with van der Waals surface area (Å²) in [4.78, 5) is 11.0. The van der Waals surface area contributed by atoms with E-state index in [1.807, 2.05) is 0 Å². The first-order valence-corrected chi connectivity index (χ1v) is 4.44. The van der Waals surface area contributed by atoms with Crippen molar-refractivity contribution >= 4 is 17.6 Å². The quantitative estimate of drug-likeness (QED) is 0.568. The zero-order chi connectivity index (χ0) is 10.6. The van der Waals surface area contributed by atoms with Crippen LogP contribution in [0.15, 0.2) is 24.0 Å². The second-order valence-corrected chi connectivity index (χ2v) is 3.20. The van der Waals surface area contributed by atoms with Gasteiger partial charge in [-0.2, -0.15) is 5.10 Å². The number of rotatable bonds is 3. The van der Waals surface area contributed by atoms with Gasteiger partial charge in [-0.25, -0.2) is 4.79 Å². The predicted molar refractivity (Wildman–Crippen MR) is 53.0 cm³/mol. The Morgan fingerprint density at radius 3 is 3.00 bits per heavy atom. The topological polar surface area (TPSA) is 44.1 Å². The fourth-order valence-electron chi connectivity index (χ4n) is 0.913. The highest BCUT2D eigenvalue weighted by Crippen LogP contribution is 2.05. The molecule has 0 aliphatic carbocycles.